The molecule has 4 rings (SSSR count). The summed E-state index contributed by atoms with van der Waals surface area (Å²) in [6, 6.07) is 17.5. The average Bonchev–Trinajstić information content (AvgIpc) is 3.06. The van der Waals surface area contributed by atoms with Crippen molar-refractivity contribution in [2.24, 2.45) is 4.99 Å². The number of carbonyl (C=O) groups excluding carboxylic acids is 3. The molecule has 0 aromatic heterocycles. The lowest BCUT2D eigenvalue weighted by Crippen LogP contribution is -2.39. The van der Waals surface area contributed by atoms with Crippen LogP contribution in [0.2, 0.25) is 0 Å². The molecule has 9 nitrogen and oxygen atoms in total. The number of amides is 2. The van der Waals surface area contributed by atoms with Gasteiger partial charge in [-0.05, 0) is 44.3 Å². The average molecular weight is 447 g/mol. The minimum absolute atomic E-state index is 0.0566. The lowest BCUT2D eigenvalue weighted by molar-refractivity contribution is -0.140. The summed E-state index contributed by atoms with van der Waals surface area (Å²) in [5, 5.41) is 1.41. The molecule has 170 valence electrons. The molecule has 0 radical (unpaired) electrons. The fourth-order valence-corrected chi connectivity index (χ4v) is 3.61. The third kappa shape index (κ3) is 5.33. The van der Waals surface area contributed by atoms with Gasteiger partial charge < -0.3 is 14.6 Å². The number of hydrogen-bond acceptors (Lipinski definition) is 7. The van der Waals surface area contributed by atoms with Gasteiger partial charge in [-0.25, -0.2) is 14.8 Å². The number of rotatable bonds is 4. The van der Waals surface area contributed by atoms with Gasteiger partial charge in [-0.1, -0.05) is 42.0 Å². The number of hydrazine groups is 1. The minimum atomic E-state index is -0.679. The molecule has 0 bridgehead atoms. The smallest absolute Gasteiger partial charge is 0.345 e. The summed E-state index contributed by atoms with van der Waals surface area (Å²) < 4.78 is 0. The van der Waals surface area contributed by atoms with Crippen LogP contribution in [-0.2, 0) is 14.4 Å². The van der Waals surface area contributed by atoms with Crippen LogP contribution >= 0.6 is 0 Å². The highest BCUT2D eigenvalue weighted by Crippen LogP contribution is 2.22. The van der Waals surface area contributed by atoms with E-state index < -0.39 is 17.8 Å². The van der Waals surface area contributed by atoms with Crippen molar-refractivity contribution in [2.75, 3.05) is 38.2 Å². The fraction of sp³-hybridized carbons (Fsp3) is 0.250. The molecule has 2 aromatic rings. The summed E-state index contributed by atoms with van der Waals surface area (Å²) in [4.78, 5) is 51.7. The van der Waals surface area contributed by atoms with Gasteiger partial charge in [0.2, 0.25) is 0 Å². The van der Waals surface area contributed by atoms with Gasteiger partial charge in [0.15, 0.2) is 5.70 Å². The zero-order valence-corrected chi connectivity index (χ0v) is 18.3. The molecule has 9 heteroatoms. The molecule has 2 aromatic carbocycles. The van der Waals surface area contributed by atoms with Gasteiger partial charge in [0.25, 0.3) is 11.8 Å². The zero-order chi connectivity index (χ0) is 23.2. The maximum Gasteiger partial charge on any atom is 0.376 e. The molecule has 33 heavy (non-hydrogen) atoms. The molecule has 0 unspecified atom stereocenters. The zero-order valence-electron chi connectivity index (χ0n) is 18.3. The van der Waals surface area contributed by atoms with Crippen molar-refractivity contribution in [1.82, 2.24) is 15.4 Å². The Morgan fingerprint density at radius 1 is 0.970 bits per heavy atom. The van der Waals surface area contributed by atoms with E-state index in [9.17, 15) is 14.4 Å². The van der Waals surface area contributed by atoms with Crippen molar-refractivity contribution in [2.45, 2.75) is 6.42 Å². The molecule has 0 saturated carbocycles. The van der Waals surface area contributed by atoms with E-state index in [1.165, 1.54) is 11.1 Å². The highest BCUT2D eigenvalue weighted by Gasteiger charge is 2.32. The first-order valence-corrected chi connectivity index (χ1v) is 10.7. The molecule has 2 saturated heterocycles. The first kappa shape index (κ1) is 22.4. The van der Waals surface area contributed by atoms with Crippen molar-refractivity contribution in [3.05, 3.63) is 78.0 Å². The van der Waals surface area contributed by atoms with Gasteiger partial charge >= 0.3 is 5.97 Å². The van der Waals surface area contributed by atoms with Crippen molar-refractivity contribution in [3.8, 4) is 0 Å². The molecule has 2 fully saturated rings. The predicted molar refractivity (Wildman–Crippen MR) is 123 cm³/mol. The molecule has 2 aliphatic heterocycles. The van der Waals surface area contributed by atoms with Crippen molar-refractivity contribution in [1.29, 1.82) is 0 Å². The highest BCUT2D eigenvalue weighted by molar-refractivity contribution is 6.45. The van der Waals surface area contributed by atoms with Gasteiger partial charge in [-0.2, -0.15) is 0 Å². The minimum Gasteiger partial charge on any atom is -0.345 e. The summed E-state index contributed by atoms with van der Waals surface area (Å²) in [5.74, 6) is -1.65. The first-order chi connectivity index (χ1) is 16.0. The van der Waals surface area contributed by atoms with Gasteiger partial charge in [0.1, 0.15) is 5.71 Å². The number of nitrogens with one attached hydrogen (secondary N) is 1. The molecule has 2 aliphatic rings. The maximum absolute atomic E-state index is 13.5. The van der Waals surface area contributed by atoms with Gasteiger partial charge in [0, 0.05) is 31.3 Å². The molecule has 0 aliphatic carbocycles. The third-order valence-electron chi connectivity index (χ3n) is 5.44. The normalized spacial score (nSPS) is 18.9. The second-order valence-electron chi connectivity index (χ2n) is 7.80. The molecular weight excluding hydrogens is 422 g/mol. The largest absolute Gasteiger partial charge is 0.376 e. The van der Waals surface area contributed by atoms with E-state index in [-0.39, 0.29) is 11.4 Å². The van der Waals surface area contributed by atoms with E-state index in [0.29, 0.717) is 30.9 Å². The van der Waals surface area contributed by atoms with E-state index in [2.05, 4.69) is 15.5 Å². The van der Waals surface area contributed by atoms with Gasteiger partial charge in [-0.3, -0.25) is 9.59 Å². The molecule has 0 spiro atoms. The van der Waals surface area contributed by atoms with Crippen LogP contribution in [0.3, 0.4) is 0 Å². The third-order valence-corrected chi connectivity index (χ3v) is 5.44. The number of benzene rings is 2. The lowest BCUT2D eigenvalue weighted by Gasteiger charge is -2.21. The second kappa shape index (κ2) is 10.2. The van der Waals surface area contributed by atoms with Crippen LogP contribution in [0.15, 0.2) is 77.4 Å². The van der Waals surface area contributed by atoms with Crippen LogP contribution in [0.5, 0.6) is 0 Å². The quantitative estimate of drug-likeness (QED) is 0.564. The molecule has 0 atom stereocenters. The van der Waals surface area contributed by atoms with Crippen molar-refractivity contribution >= 4 is 29.2 Å². The summed E-state index contributed by atoms with van der Waals surface area (Å²) in [6.07, 6.45) is 2.12. The van der Waals surface area contributed by atoms with Crippen LogP contribution in [0.25, 0.3) is 0 Å². The summed E-state index contributed by atoms with van der Waals surface area (Å²) in [6.45, 7) is 2.62. The number of aliphatic imine (C=N–C) groups is 1. The Balaban J connectivity index is 1.71. The molecule has 1 N–H and O–H groups in total. The number of nitrogens with zero attached hydrogens (tertiary/aromatic N) is 4. The van der Waals surface area contributed by atoms with E-state index in [0.717, 1.165) is 13.0 Å². The standard InChI is InChI=1S/C24H25N5O4/c1-27-13-8-14-28(16-15-27)23(31)20(25-22(30)18-9-4-2-5-10-18)17-21-24(32)33-26-29(21)19-11-6-3-7-12-19/h2-7,9-12,17,26H,8,13-16H2,1H3/b21-17+,25-20?. The Morgan fingerprint density at radius 3 is 2.39 bits per heavy atom. The Bertz CT molecular complexity index is 1080. The summed E-state index contributed by atoms with van der Waals surface area (Å²) >= 11 is 0. The van der Waals surface area contributed by atoms with Crippen LogP contribution < -0.4 is 10.6 Å². The van der Waals surface area contributed by atoms with Crippen LogP contribution in [0.4, 0.5) is 5.69 Å². The topological polar surface area (TPSA) is 94.6 Å². The van der Waals surface area contributed by atoms with Crippen LogP contribution in [-0.4, -0.2) is 66.5 Å². The number of carbonyl (C=O) groups is 3. The fourth-order valence-electron chi connectivity index (χ4n) is 3.61. The van der Waals surface area contributed by atoms with Crippen LogP contribution in [0.1, 0.15) is 16.8 Å². The Kier molecular flexibility index (Phi) is 6.92. The Morgan fingerprint density at radius 2 is 1.67 bits per heavy atom. The highest BCUT2D eigenvalue weighted by atomic mass is 16.7. The van der Waals surface area contributed by atoms with E-state index in [1.807, 2.05) is 25.2 Å². The van der Waals surface area contributed by atoms with Crippen molar-refractivity contribution in [3.63, 3.8) is 0 Å². The predicted octanol–water partition coefficient (Wildman–Crippen LogP) is 1.80. The number of likely N-dealkylation sites (N-methyl/N-ethyl adjacent to an activating group) is 1. The Labute approximate surface area is 191 Å². The van der Waals surface area contributed by atoms with E-state index >= 15 is 0 Å². The Hall–Kier alpha value is -3.82. The van der Waals surface area contributed by atoms with Gasteiger partial charge in [0.05, 0.1) is 5.69 Å². The van der Waals surface area contributed by atoms with E-state index in [1.54, 1.807) is 47.4 Å². The summed E-state index contributed by atoms with van der Waals surface area (Å²) in [7, 11) is 2.00. The molecular formula is C24H25N5O4. The molecule has 2 heterocycles. The van der Waals surface area contributed by atoms with Gasteiger partial charge in [-0.15, -0.1) is 0 Å². The lowest BCUT2D eigenvalue weighted by atomic mass is 10.2. The number of hydrogen-bond donors (Lipinski definition) is 1. The second-order valence-corrected chi connectivity index (χ2v) is 7.80. The monoisotopic (exact) mass is 447 g/mol. The number of para-hydroxylation sites is 1. The summed E-state index contributed by atoms with van der Waals surface area (Å²) in [5.41, 5.74) is 3.46. The SMILES string of the molecule is CN1CCCN(C(=O)C(/C=C2\C(=O)ONN2c2ccccc2)=NC(=O)c2ccccc2)CC1. The van der Waals surface area contributed by atoms with Crippen molar-refractivity contribution < 1.29 is 19.2 Å². The maximum atomic E-state index is 13.5. The molecule has 2 amide bonds. The number of anilines is 1. The van der Waals surface area contributed by atoms with Crippen LogP contribution in [0, 0.1) is 0 Å². The first-order valence-electron chi connectivity index (χ1n) is 10.7. The van der Waals surface area contributed by atoms with E-state index in [4.69, 9.17) is 4.84 Å².